The molecule has 0 aliphatic heterocycles. The number of halogens is 2. The van der Waals surface area contributed by atoms with Crippen LogP contribution in [0.3, 0.4) is 0 Å². The van der Waals surface area contributed by atoms with E-state index in [1.165, 1.54) is 24.3 Å². The second-order valence-corrected chi connectivity index (χ2v) is 6.59. The lowest BCUT2D eigenvalue weighted by Crippen LogP contribution is -2.39. The molecule has 0 saturated heterocycles. The summed E-state index contributed by atoms with van der Waals surface area (Å²) in [5.74, 6) is -0.699. The van der Waals surface area contributed by atoms with Gasteiger partial charge in [-0.25, -0.2) is 8.78 Å². The number of H-pyrrole nitrogens is 1. The van der Waals surface area contributed by atoms with Crippen molar-refractivity contribution in [3.05, 3.63) is 70.9 Å². The van der Waals surface area contributed by atoms with Crippen LogP contribution in [0.25, 0.3) is 10.9 Å². The van der Waals surface area contributed by atoms with Crippen molar-refractivity contribution in [2.45, 2.75) is 31.7 Å². The molecule has 0 fully saturated rings. The van der Waals surface area contributed by atoms with Crippen LogP contribution in [0.4, 0.5) is 8.78 Å². The summed E-state index contributed by atoms with van der Waals surface area (Å²) in [6.07, 6.45) is 2.53. The van der Waals surface area contributed by atoms with Crippen molar-refractivity contribution in [2.75, 3.05) is 0 Å². The van der Waals surface area contributed by atoms with Crippen molar-refractivity contribution in [2.24, 2.45) is 0 Å². The third-order valence-electron chi connectivity index (χ3n) is 4.77. The first-order valence-electron chi connectivity index (χ1n) is 8.41. The number of fused-ring (bicyclic) bond motifs is 3. The summed E-state index contributed by atoms with van der Waals surface area (Å²) >= 11 is 0. The van der Waals surface area contributed by atoms with Crippen molar-refractivity contribution in [1.82, 2.24) is 10.3 Å². The highest BCUT2D eigenvalue weighted by molar-refractivity contribution is 5.85. The first-order chi connectivity index (χ1) is 12.1. The van der Waals surface area contributed by atoms with E-state index in [-0.39, 0.29) is 30.0 Å². The van der Waals surface area contributed by atoms with E-state index in [9.17, 15) is 13.6 Å². The van der Waals surface area contributed by atoms with Crippen molar-refractivity contribution in [3.8, 4) is 0 Å². The number of aromatic amines is 1. The zero-order valence-corrected chi connectivity index (χ0v) is 13.6. The summed E-state index contributed by atoms with van der Waals surface area (Å²) in [6, 6.07) is 10.9. The maximum atomic E-state index is 13.4. The van der Waals surface area contributed by atoms with Crippen LogP contribution in [0.5, 0.6) is 0 Å². The Hall–Kier alpha value is -2.69. The van der Waals surface area contributed by atoms with Gasteiger partial charge < -0.3 is 10.3 Å². The minimum Gasteiger partial charge on any atom is -0.358 e. The molecule has 1 heterocycles. The van der Waals surface area contributed by atoms with Gasteiger partial charge in [-0.15, -0.1) is 0 Å². The van der Waals surface area contributed by atoms with Crippen molar-refractivity contribution in [1.29, 1.82) is 0 Å². The number of aromatic nitrogens is 1. The number of hydrogen-bond donors (Lipinski definition) is 2. The van der Waals surface area contributed by atoms with Crippen LogP contribution in [0.1, 0.15) is 23.2 Å². The van der Waals surface area contributed by atoms with Gasteiger partial charge in [0.1, 0.15) is 11.6 Å². The topological polar surface area (TPSA) is 44.9 Å². The molecule has 2 aromatic carbocycles. The molecule has 0 spiro atoms. The molecule has 1 unspecified atom stereocenters. The van der Waals surface area contributed by atoms with Gasteiger partial charge in [-0.05, 0) is 60.7 Å². The van der Waals surface area contributed by atoms with E-state index in [2.05, 4.69) is 10.3 Å². The summed E-state index contributed by atoms with van der Waals surface area (Å²) in [7, 11) is 0. The Balaban J connectivity index is 1.47. The molecule has 3 aromatic rings. The molecule has 3 nitrogen and oxygen atoms in total. The average molecular weight is 340 g/mol. The molecule has 0 bridgehead atoms. The highest BCUT2D eigenvalue weighted by Gasteiger charge is 2.23. The minimum atomic E-state index is -0.335. The number of amides is 1. The Morgan fingerprint density at radius 3 is 2.84 bits per heavy atom. The lowest BCUT2D eigenvalue weighted by Gasteiger charge is -2.23. The van der Waals surface area contributed by atoms with Crippen LogP contribution in [0.2, 0.25) is 0 Å². The molecule has 2 N–H and O–H groups in total. The number of carbonyl (C=O) groups is 1. The van der Waals surface area contributed by atoms with E-state index < -0.39 is 0 Å². The van der Waals surface area contributed by atoms with Crippen LogP contribution in [-0.4, -0.2) is 16.9 Å². The van der Waals surface area contributed by atoms with Gasteiger partial charge in [0.15, 0.2) is 0 Å². The predicted octanol–water partition coefficient (Wildman–Crippen LogP) is 3.66. The van der Waals surface area contributed by atoms with Gasteiger partial charge >= 0.3 is 0 Å². The van der Waals surface area contributed by atoms with E-state index >= 15 is 0 Å². The zero-order valence-electron chi connectivity index (χ0n) is 13.6. The van der Waals surface area contributed by atoms with Crippen LogP contribution in [-0.2, 0) is 24.1 Å². The number of hydrogen-bond acceptors (Lipinski definition) is 1. The van der Waals surface area contributed by atoms with Crippen LogP contribution >= 0.6 is 0 Å². The average Bonchev–Trinajstić information content (AvgIpc) is 2.91. The van der Waals surface area contributed by atoms with Crippen molar-refractivity contribution >= 4 is 16.8 Å². The monoisotopic (exact) mass is 340 g/mol. The summed E-state index contributed by atoms with van der Waals surface area (Å²) in [6.45, 7) is 0. The number of nitrogens with one attached hydrogen (secondary N) is 2. The van der Waals surface area contributed by atoms with E-state index in [0.29, 0.717) is 5.56 Å². The van der Waals surface area contributed by atoms with Gasteiger partial charge in [0, 0.05) is 22.6 Å². The standard InChI is InChI=1S/C20H18F2N2O/c21-13-3-1-2-12(8-13)9-20(25)23-15-5-7-18-17(11-15)16-6-4-14(22)10-19(16)24-18/h1-4,6,8,10,15,24H,5,7,9,11H2,(H,23,25). The normalized spacial score (nSPS) is 16.6. The van der Waals surface area contributed by atoms with Crippen molar-refractivity contribution < 1.29 is 13.6 Å². The second kappa shape index (κ2) is 6.31. The van der Waals surface area contributed by atoms with Crippen LogP contribution in [0.15, 0.2) is 42.5 Å². The summed E-state index contributed by atoms with van der Waals surface area (Å²) in [5, 5.41) is 4.06. The van der Waals surface area contributed by atoms with E-state index in [4.69, 9.17) is 0 Å². The zero-order chi connectivity index (χ0) is 17.4. The summed E-state index contributed by atoms with van der Waals surface area (Å²) < 4.78 is 26.6. The first-order valence-corrected chi connectivity index (χ1v) is 8.41. The van der Waals surface area contributed by atoms with Gasteiger partial charge in [0.25, 0.3) is 0 Å². The smallest absolute Gasteiger partial charge is 0.224 e. The number of carbonyl (C=O) groups excluding carboxylic acids is 1. The molecular weight excluding hydrogens is 322 g/mol. The number of aryl methyl sites for hydroxylation is 1. The second-order valence-electron chi connectivity index (χ2n) is 6.59. The molecule has 25 heavy (non-hydrogen) atoms. The molecule has 1 aliphatic rings. The Bertz CT molecular complexity index is 948. The first kappa shape index (κ1) is 15.8. The fraction of sp³-hybridized carbons (Fsp3) is 0.250. The Kier molecular flexibility index (Phi) is 3.99. The maximum Gasteiger partial charge on any atom is 0.224 e. The number of rotatable bonds is 3. The molecule has 1 aliphatic carbocycles. The highest BCUT2D eigenvalue weighted by atomic mass is 19.1. The molecule has 0 saturated carbocycles. The Morgan fingerprint density at radius 2 is 2.00 bits per heavy atom. The summed E-state index contributed by atoms with van der Waals surface area (Å²) in [5.41, 5.74) is 3.74. The fourth-order valence-electron chi connectivity index (χ4n) is 3.63. The largest absolute Gasteiger partial charge is 0.358 e. The van der Waals surface area contributed by atoms with Crippen LogP contribution < -0.4 is 5.32 Å². The fourth-order valence-corrected chi connectivity index (χ4v) is 3.63. The molecular formula is C20H18F2N2O. The molecule has 5 heteroatoms. The van der Waals surface area contributed by atoms with E-state index in [0.717, 1.165) is 41.4 Å². The number of benzene rings is 2. The highest BCUT2D eigenvalue weighted by Crippen LogP contribution is 2.29. The minimum absolute atomic E-state index is 0.0395. The molecule has 4 rings (SSSR count). The van der Waals surface area contributed by atoms with Gasteiger partial charge in [0.05, 0.1) is 6.42 Å². The summed E-state index contributed by atoms with van der Waals surface area (Å²) in [4.78, 5) is 15.5. The Labute approximate surface area is 144 Å². The van der Waals surface area contributed by atoms with Crippen molar-refractivity contribution in [3.63, 3.8) is 0 Å². The third kappa shape index (κ3) is 3.27. The maximum absolute atomic E-state index is 13.4. The predicted molar refractivity (Wildman–Crippen MR) is 92.3 cm³/mol. The van der Waals surface area contributed by atoms with E-state index in [1.54, 1.807) is 18.2 Å². The molecule has 1 aromatic heterocycles. The molecule has 1 amide bonds. The SMILES string of the molecule is O=C(Cc1cccc(F)c1)NC1CCc2[nH]c3cc(F)ccc3c2C1. The quantitative estimate of drug-likeness (QED) is 0.751. The Morgan fingerprint density at radius 1 is 1.16 bits per heavy atom. The van der Waals surface area contributed by atoms with Crippen LogP contribution in [0, 0.1) is 11.6 Å². The van der Waals surface area contributed by atoms with Gasteiger partial charge in [-0.3, -0.25) is 4.79 Å². The van der Waals surface area contributed by atoms with E-state index in [1.807, 2.05) is 0 Å². The van der Waals surface area contributed by atoms with Gasteiger partial charge in [-0.2, -0.15) is 0 Å². The van der Waals surface area contributed by atoms with Gasteiger partial charge in [-0.1, -0.05) is 12.1 Å². The lowest BCUT2D eigenvalue weighted by atomic mass is 9.91. The molecule has 1 atom stereocenters. The molecule has 0 radical (unpaired) electrons. The van der Waals surface area contributed by atoms with Gasteiger partial charge in [0.2, 0.25) is 5.91 Å². The third-order valence-corrected chi connectivity index (χ3v) is 4.77. The lowest BCUT2D eigenvalue weighted by molar-refractivity contribution is -0.121. The molecule has 128 valence electrons.